The molecule has 0 fully saturated rings. The Morgan fingerprint density at radius 1 is 1.05 bits per heavy atom. The number of methoxy groups -OCH3 is 1. The Kier molecular flexibility index (Phi) is 9.75. The van der Waals surface area contributed by atoms with Crippen molar-refractivity contribution in [2.24, 2.45) is 0 Å². The van der Waals surface area contributed by atoms with Crippen molar-refractivity contribution in [2.45, 2.75) is 13.3 Å². The summed E-state index contributed by atoms with van der Waals surface area (Å²) in [6, 6.07) is -0.242. The van der Waals surface area contributed by atoms with Gasteiger partial charge in [0.05, 0.1) is 6.61 Å². The summed E-state index contributed by atoms with van der Waals surface area (Å²) in [5.74, 6) is -1.02. The van der Waals surface area contributed by atoms with Gasteiger partial charge in [-0.25, -0.2) is 4.79 Å². The molecule has 0 aliphatic carbocycles. The normalized spacial score (nSPS) is 10.7. The molecule has 20 heavy (non-hydrogen) atoms. The molecule has 0 aliphatic rings. The number of likely N-dealkylation sites (N-methyl/N-ethyl adjacent to an activating group) is 1. The highest BCUT2D eigenvalue weighted by Crippen LogP contribution is 2.02. The maximum absolute atomic E-state index is 12.4. The molecule has 2 amide bonds. The number of ether oxygens (including phenoxy) is 1. The lowest BCUT2D eigenvalue weighted by atomic mass is 10.4. The van der Waals surface area contributed by atoms with Crippen molar-refractivity contribution in [1.29, 1.82) is 0 Å². The fraction of sp³-hybridized carbons (Fsp3) is 0.846. The molecule has 0 aromatic rings. The van der Waals surface area contributed by atoms with Crippen LogP contribution in [0.5, 0.6) is 0 Å². The third-order valence-electron chi connectivity index (χ3n) is 2.74. The van der Waals surface area contributed by atoms with Crippen LogP contribution in [-0.4, -0.2) is 92.3 Å². The molecule has 0 saturated carbocycles. The van der Waals surface area contributed by atoms with E-state index in [-0.39, 0.29) is 19.1 Å². The second-order valence-corrected chi connectivity index (χ2v) is 4.88. The lowest BCUT2D eigenvalue weighted by Gasteiger charge is -2.30. The van der Waals surface area contributed by atoms with E-state index in [2.05, 4.69) is 0 Å². The van der Waals surface area contributed by atoms with E-state index in [0.29, 0.717) is 19.7 Å². The Balaban J connectivity index is 4.69. The van der Waals surface area contributed by atoms with Crippen LogP contribution in [-0.2, 0) is 9.53 Å². The van der Waals surface area contributed by atoms with E-state index >= 15 is 0 Å². The first-order valence-corrected chi connectivity index (χ1v) is 6.81. The van der Waals surface area contributed by atoms with Gasteiger partial charge in [-0.1, -0.05) is 6.92 Å². The van der Waals surface area contributed by atoms with Gasteiger partial charge in [0.25, 0.3) is 0 Å². The Hall–Kier alpha value is -1.34. The number of nitrogens with zero attached hydrogens (tertiary/aromatic N) is 3. The van der Waals surface area contributed by atoms with Gasteiger partial charge < -0.3 is 24.5 Å². The first-order valence-electron chi connectivity index (χ1n) is 6.81. The summed E-state index contributed by atoms with van der Waals surface area (Å²) in [5, 5.41) is 8.90. The number of rotatable bonds is 10. The number of carbonyl (C=O) groups excluding carboxylic acids is 1. The number of amides is 2. The minimum atomic E-state index is -1.02. The Morgan fingerprint density at radius 2 is 1.70 bits per heavy atom. The quantitative estimate of drug-likeness (QED) is 0.631. The fourth-order valence-corrected chi connectivity index (χ4v) is 1.70. The minimum absolute atomic E-state index is 0.242. The van der Waals surface area contributed by atoms with Crippen LogP contribution in [0.4, 0.5) is 4.79 Å². The first-order chi connectivity index (χ1) is 9.42. The van der Waals surface area contributed by atoms with Crippen molar-refractivity contribution in [3.05, 3.63) is 0 Å². The molecule has 0 aromatic heterocycles. The van der Waals surface area contributed by atoms with Gasteiger partial charge >= 0.3 is 12.0 Å². The molecule has 7 nitrogen and oxygen atoms in total. The van der Waals surface area contributed by atoms with Crippen LogP contribution < -0.4 is 0 Å². The third kappa shape index (κ3) is 7.96. The molecule has 0 heterocycles. The molecule has 0 radical (unpaired) electrons. The van der Waals surface area contributed by atoms with E-state index in [0.717, 1.165) is 13.0 Å². The number of carboxylic acid groups (broad SMARTS) is 1. The number of carbonyl (C=O) groups is 2. The number of aliphatic carboxylic acids is 1. The number of carboxylic acids is 1. The van der Waals surface area contributed by atoms with Gasteiger partial charge in [0.1, 0.15) is 6.54 Å². The number of urea groups is 1. The molecule has 1 N–H and O–H groups in total. The van der Waals surface area contributed by atoms with Crippen molar-refractivity contribution in [3.8, 4) is 0 Å². The van der Waals surface area contributed by atoms with Crippen LogP contribution in [0, 0.1) is 0 Å². The SMILES string of the molecule is CCCN(CCN(C)C)C(=O)N(CCOC)CC(=O)O. The third-order valence-corrected chi connectivity index (χ3v) is 2.74. The lowest BCUT2D eigenvalue weighted by molar-refractivity contribution is -0.137. The van der Waals surface area contributed by atoms with E-state index in [4.69, 9.17) is 9.84 Å². The van der Waals surface area contributed by atoms with E-state index in [1.165, 1.54) is 12.0 Å². The highest BCUT2D eigenvalue weighted by molar-refractivity contribution is 5.80. The average Bonchev–Trinajstić information content (AvgIpc) is 2.38. The maximum atomic E-state index is 12.4. The average molecular weight is 289 g/mol. The van der Waals surface area contributed by atoms with Crippen molar-refractivity contribution < 1.29 is 19.4 Å². The highest BCUT2D eigenvalue weighted by atomic mass is 16.5. The van der Waals surface area contributed by atoms with E-state index in [1.54, 1.807) is 4.90 Å². The number of hydrogen-bond acceptors (Lipinski definition) is 4. The second kappa shape index (κ2) is 10.4. The summed E-state index contributed by atoms with van der Waals surface area (Å²) in [6.45, 7) is 4.25. The molecular formula is C13H27N3O4. The van der Waals surface area contributed by atoms with E-state index in [9.17, 15) is 9.59 Å². The monoisotopic (exact) mass is 289 g/mol. The van der Waals surface area contributed by atoms with Crippen LogP contribution in [0.2, 0.25) is 0 Å². The molecule has 0 rings (SSSR count). The molecule has 7 heteroatoms. The summed E-state index contributed by atoms with van der Waals surface area (Å²) >= 11 is 0. The molecule has 118 valence electrons. The Morgan fingerprint density at radius 3 is 2.15 bits per heavy atom. The molecule has 0 aromatic carbocycles. The van der Waals surface area contributed by atoms with Crippen molar-refractivity contribution in [1.82, 2.24) is 14.7 Å². The van der Waals surface area contributed by atoms with Crippen LogP contribution in [0.25, 0.3) is 0 Å². The van der Waals surface area contributed by atoms with Gasteiger partial charge in [-0.05, 0) is 20.5 Å². The van der Waals surface area contributed by atoms with Gasteiger partial charge in [-0.15, -0.1) is 0 Å². The van der Waals surface area contributed by atoms with E-state index < -0.39 is 5.97 Å². The summed E-state index contributed by atoms with van der Waals surface area (Å²) in [6.07, 6.45) is 0.838. The smallest absolute Gasteiger partial charge is 0.323 e. The topological polar surface area (TPSA) is 73.3 Å². The first kappa shape index (κ1) is 18.7. The van der Waals surface area contributed by atoms with Crippen LogP contribution >= 0.6 is 0 Å². The van der Waals surface area contributed by atoms with Gasteiger partial charge in [0, 0.05) is 33.3 Å². The van der Waals surface area contributed by atoms with Crippen molar-refractivity contribution >= 4 is 12.0 Å². The zero-order valence-electron chi connectivity index (χ0n) is 13.0. The zero-order valence-corrected chi connectivity index (χ0v) is 13.0. The maximum Gasteiger partial charge on any atom is 0.323 e. The summed E-state index contributed by atoms with van der Waals surface area (Å²) in [5.41, 5.74) is 0. The Bertz CT molecular complexity index is 297. The second-order valence-electron chi connectivity index (χ2n) is 4.88. The minimum Gasteiger partial charge on any atom is -0.480 e. The molecule has 0 bridgehead atoms. The largest absolute Gasteiger partial charge is 0.480 e. The lowest BCUT2D eigenvalue weighted by Crippen LogP contribution is -2.48. The number of hydrogen-bond donors (Lipinski definition) is 1. The summed E-state index contributed by atoms with van der Waals surface area (Å²) < 4.78 is 4.93. The predicted molar refractivity (Wildman–Crippen MR) is 76.9 cm³/mol. The fourth-order valence-electron chi connectivity index (χ4n) is 1.70. The standard InChI is InChI=1S/C13H27N3O4/c1-5-6-15(8-7-14(2)3)13(19)16(9-10-20-4)11-12(17)18/h5-11H2,1-4H3,(H,17,18). The van der Waals surface area contributed by atoms with Gasteiger partial charge in [-0.3, -0.25) is 4.79 Å². The van der Waals surface area contributed by atoms with Crippen LogP contribution in [0.15, 0.2) is 0 Å². The molecule has 0 atom stereocenters. The van der Waals surface area contributed by atoms with Crippen molar-refractivity contribution in [3.63, 3.8) is 0 Å². The van der Waals surface area contributed by atoms with Gasteiger partial charge in [-0.2, -0.15) is 0 Å². The molecule has 0 spiro atoms. The molecule has 0 aliphatic heterocycles. The van der Waals surface area contributed by atoms with Gasteiger partial charge in [0.2, 0.25) is 0 Å². The summed E-state index contributed by atoms with van der Waals surface area (Å²) in [7, 11) is 5.41. The van der Waals surface area contributed by atoms with Crippen molar-refractivity contribution in [2.75, 3.05) is 60.5 Å². The Labute approximate surface area is 121 Å². The molecule has 0 unspecified atom stereocenters. The molecular weight excluding hydrogens is 262 g/mol. The zero-order chi connectivity index (χ0) is 15.5. The van der Waals surface area contributed by atoms with Crippen LogP contribution in [0.1, 0.15) is 13.3 Å². The van der Waals surface area contributed by atoms with Crippen LogP contribution in [0.3, 0.4) is 0 Å². The van der Waals surface area contributed by atoms with Gasteiger partial charge in [0.15, 0.2) is 0 Å². The predicted octanol–water partition coefficient (Wildman–Crippen LogP) is 0.413. The molecule has 0 saturated heterocycles. The highest BCUT2D eigenvalue weighted by Gasteiger charge is 2.22. The van der Waals surface area contributed by atoms with E-state index in [1.807, 2.05) is 25.9 Å². The summed E-state index contributed by atoms with van der Waals surface area (Å²) in [4.78, 5) is 28.3.